The summed E-state index contributed by atoms with van der Waals surface area (Å²) in [6.45, 7) is 4.13. The molecular formula is C13H16O2. The quantitative estimate of drug-likeness (QED) is 0.680. The molecule has 1 saturated carbocycles. The van der Waals surface area contributed by atoms with Gasteiger partial charge in [-0.25, -0.2) is 0 Å². The summed E-state index contributed by atoms with van der Waals surface area (Å²) in [4.78, 5) is 0. The van der Waals surface area contributed by atoms with Crippen molar-refractivity contribution < 1.29 is 10.2 Å². The van der Waals surface area contributed by atoms with Crippen molar-refractivity contribution in [3.63, 3.8) is 0 Å². The third-order valence-corrected chi connectivity index (χ3v) is 4.71. The molecule has 2 heteroatoms. The van der Waals surface area contributed by atoms with E-state index in [0.29, 0.717) is 0 Å². The van der Waals surface area contributed by atoms with Crippen LogP contribution in [0.15, 0.2) is 24.3 Å². The van der Waals surface area contributed by atoms with Crippen molar-refractivity contribution in [3.8, 4) is 0 Å². The van der Waals surface area contributed by atoms with Crippen LogP contribution in [-0.2, 0) is 0 Å². The van der Waals surface area contributed by atoms with Crippen LogP contribution in [0, 0.1) is 10.8 Å². The lowest BCUT2D eigenvalue weighted by Crippen LogP contribution is -2.29. The molecule has 2 nitrogen and oxygen atoms in total. The molecule has 1 aromatic carbocycles. The van der Waals surface area contributed by atoms with Crippen LogP contribution in [0.5, 0.6) is 0 Å². The Morgan fingerprint density at radius 3 is 1.80 bits per heavy atom. The Hall–Kier alpha value is -0.860. The molecule has 4 unspecified atom stereocenters. The van der Waals surface area contributed by atoms with Gasteiger partial charge in [-0.15, -0.1) is 0 Å². The molecule has 15 heavy (non-hydrogen) atoms. The van der Waals surface area contributed by atoms with Crippen LogP contribution in [0.25, 0.3) is 0 Å². The van der Waals surface area contributed by atoms with Gasteiger partial charge in [-0.3, -0.25) is 0 Å². The summed E-state index contributed by atoms with van der Waals surface area (Å²) < 4.78 is 0. The first kappa shape index (κ1) is 9.37. The maximum absolute atomic E-state index is 10.3. The molecule has 0 heterocycles. The van der Waals surface area contributed by atoms with Gasteiger partial charge >= 0.3 is 0 Å². The van der Waals surface area contributed by atoms with Gasteiger partial charge in [0.05, 0.1) is 12.2 Å². The summed E-state index contributed by atoms with van der Waals surface area (Å²) >= 11 is 0. The van der Waals surface area contributed by atoms with E-state index >= 15 is 0 Å². The van der Waals surface area contributed by atoms with E-state index in [-0.39, 0.29) is 10.8 Å². The largest absolute Gasteiger partial charge is 0.388 e. The normalized spacial score (nSPS) is 46.9. The van der Waals surface area contributed by atoms with Gasteiger partial charge in [0.25, 0.3) is 0 Å². The van der Waals surface area contributed by atoms with Gasteiger partial charge in [0.1, 0.15) is 0 Å². The lowest BCUT2D eigenvalue weighted by molar-refractivity contribution is 0.0000248. The first-order valence-electron chi connectivity index (χ1n) is 5.46. The molecule has 4 atom stereocenters. The van der Waals surface area contributed by atoms with Crippen molar-refractivity contribution in [1.82, 2.24) is 0 Å². The fraction of sp³-hybridized carbons (Fsp3) is 0.538. The van der Waals surface area contributed by atoms with Crippen LogP contribution in [0.4, 0.5) is 0 Å². The lowest BCUT2D eigenvalue weighted by Gasteiger charge is -2.36. The minimum Gasteiger partial charge on any atom is -0.388 e. The summed E-state index contributed by atoms with van der Waals surface area (Å²) in [5.41, 5.74) is 1.53. The van der Waals surface area contributed by atoms with Gasteiger partial charge in [0.15, 0.2) is 0 Å². The topological polar surface area (TPSA) is 40.5 Å². The number of aliphatic hydroxyl groups is 2. The van der Waals surface area contributed by atoms with Crippen molar-refractivity contribution >= 4 is 0 Å². The second kappa shape index (κ2) is 2.45. The van der Waals surface area contributed by atoms with E-state index in [1.54, 1.807) is 0 Å². The average molecular weight is 204 g/mol. The monoisotopic (exact) mass is 204 g/mol. The minimum atomic E-state index is -0.429. The number of rotatable bonds is 0. The van der Waals surface area contributed by atoms with Crippen LogP contribution in [0.2, 0.25) is 0 Å². The first-order chi connectivity index (χ1) is 7.01. The molecule has 2 aliphatic carbocycles. The van der Waals surface area contributed by atoms with Gasteiger partial charge in [0.2, 0.25) is 0 Å². The zero-order chi connectivity index (χ0) is 10.8. The molecule has 2 aliphatic rings. The van der Waals surface area contributed by atoms with Crippen LogP contribution in [0.3, 0.4) is 0 Å². The average Bonchev–Trinajstić information content (AvgIpc) is 2.82. The second-order valence-corrected chi connectivity index (χ2v) is 5.45. The van der Waals surface area contributed by atoms with E-state index in [1.165, 1.54) is 0 Å². The molecule has 0 saturated heterocycles. The molecule has 0 aliphatic heterocycles. The zero-order valence-corrected chi connectivity index (χ0v) is 9.07. The Bertz CT molecular complexity index is 389. The molecule has 3 rings (SSSR count). The summed E-state index contributed by atoms with van der Waals surface area (Å²) in [6.07, 6.45) is 0.0426. The highest BCUT2D eigenvalue weighted by Crippen LogP contribution is 2.76. The minimum absolute atomic E-state index is 0.138. The predicted molar refractivity (Wildman–Crippen MR) is 57.2 cm³/mol. The smallest absolute Gasteiger partial charge is 0.0853 e. The van der Waals surface area contributed by atoms with Crippen LogP contribution < -0.4 is 0 Å². The van der Waals surface area contributed by atoms with Gasteiger partial charge in [-0.2, -0.15) is 0 Å². The van der Waals surface area contributed by atoms with Crippen LogP contribution >= 0.6 is 0 Å². The predicted octanol–water partition coefficient (Wildman–Crippen LogP) is 2.18. The van der Waals surface area contributed by atoms with Crippen molar-refractivity contribution in [2.75, 3.05) is 0 Å². The Labute approximate surface area is 89.6 Å². The molecule has 0 spiro atoms. The van der Waals surface area contributed by atoms with E-state index in [9.17, 15) is 10.2 Å². The zero-order valence-electron chi connectivity index (χ0n) is 9.07. The molecule has 0 bridgehead atoms. The second-order valence-electron chi connectivity index (χ2n) is 5.45. The van der Waals surface area contributed by atoms with Gasteiger partial charge in [-0.1, -0.05) is 38.1 Å². The summed E-state index contributed by atoms with van der Waals surface area (Å²) in [5.74, 6) is 0. The first-order valence-corrected chi connectivity index (χ1v) is 5.46. The van der Waals surface area contributed by atoms with Gasteiger partial charge in [-0.05, 0) is 17.5 Å². The van der Waals surface area contributed by atoms with Gasteiger partial charge < -0.3 is 10.2 Å². The Morgan fingerprint density at radius 1 is 1.00 bits per heavy atom. The summed E-state index contributed by atoms with van der Waals surface area (Å²) in [5, 5.41) is 20.6. The third-order valence-electron chi connectivity index (χ3n) is 4.71. The van der Waals surface area contributed by atoms with E-state index in [1.807, 2.05) is 24.3 Å². The van der Waals surface area contributed by atoms with E-state index in [4.69, 9.17) is 0 Å². The molecule has 0 radical (unpaired) electrons. The van der Waals surface area contributed by atoms with Crippen molar-refractivity contribution in [2.45, 2.75) is 32.5 Å². The fourth-order valence-electron chi connectivity index (χ4n) is 3.23. The molecule has 1 aromatic rings. The highest BCUT2D eigenvalue weighted by molar-refractivity contribution is 5.42. The van der Waals surface area contributed by atoms with Crippen LogP contribution in [-0.4, -0.2) is 10.2 Å². The highest BCUT2D eigenvalue weighted by atomic mass is 16.3. The Balaban J connectivity index is 2.21. The number of hydrogen-bond acceptors (Lipinski definition) is 2. The number of fused-ring (bicyclic) bond motifs is 2. The SMILES string of the molecule is CC12CC1(C)C(O)c1ccccc1C2O. The third kappa shape index (κ3) is 0.876. The van der Waals surface area contributed by atoms with E-state index in [2.05, 4.69) is 13.8 Å². The molecule has 0 amide bonds. The number of benzene rings is 1. The number of hydrogen-bond donors (Lipinski definition) is 2. The van der Waals surface area contributed by atoms with Crippen molar-refractivity contribution in [1.29, 1.82) is 0 Å². The number of aliphatic hydroxyl groups excluding tert-OH is 2. The van der Waals surface area contributed by atoms with E-state index in [0.717, 1.165) is 17.5 Å². The molecule has 80 valence electrons. The summed E-state index contributed by atoms with van der Waals surface area (Å²) in [6, 6.07) is 7.69. The molecular weight excluding hydrogens is 188 g/mol. The van der Waals surface area contributed by atoms with E-state index < -0.39 is 12.2 Å². The van der Waals surface area contributed by atoms with Gasteiger partial charge in [0, 0.05) is 10.8 Å². The maximum Gasteiger partial charge on any atom is 0.0853 e. The van der Waals surface area contributed by atoms with Crippen molar-refractivity contribution in [3.05, 3.63) is 35.4 Å². The summed E-state index contributed by atoms with van der Waals surface area (Å²) in [7, 11) is 0. The fourth-order valence-corrected chi connectivity index (χ4v) is 3.23. The van der Waals surface area contributed by atoms with Crippen molar-refractivity contribution in [2.24, 2.45) is 10.8 Å². The Kier molecular flexibility index (Phi) is 1.53. The molecule has 2 N–H and O–H groups in total. The Morgan fingerprint density at radius 2 is 1.40 bits per heavy atom. The molecule has 1 fully saturated rings. The lowest BCUT2D eigenvalue weighted by atomic mass is 9.74. The standard InChI is InChI=1S/C13H16O2/c1-12-7-13(12,2)11(15)9-6-4-3-5-8(9)10(12)14/h3-6,10-11,14-15H,7H2,1-2H3. The van der Waals surface area contributed by atoms with Crippen LogP contribution in [0.1, 0.15) is 43.6 Å². The maximum atomic E-state index is 10.3. The highest BCUT2D eigenvalue weighted by Gasteiger charge is 2.70. The molecule has 0 aromatic heterocycles.